The first-order valence-electron chi connectivity index (χ1n) is 6.21. The van der Waals surface area contributed by atoms with Gasteiger partial charge in [0, 0.05) is 10.6 Å². The molecule has 2 aromatic rings. The van der Waals surface area contributed by atoms with E-state index in [1.54, 1.807) is 19.1 Å². The molecular weight excluding hydrogens is 308 g/mol. The maximum absolute atomic E-state index is 12.4. The summed E-state index contributed by atoms with van der Waals surface area (Å²) in [6.45, 7) is 5.51. The minimum atomic E-state index is -3.73. The fourth-order valence-electron chi connectivity index (χ4n) is 1.87. The summed E-state index contributed by atoms with van der Waals surface area (Å²) in [4.78, 5) is 12.0. The molecule has 0 aliphatic heterocycles. The molecule has 0 atom stereocenters. The van der Waals surface area contributed by atoms with Gasteiger partial charge in [-0.2, -0.15) is 0 Å². The molecule has 1 heterocycles. The highest BCUT2D eigenvalue weighted by molar-refractivity contribution is 7.93. The van der Waals surface area contributed by atoms with Gasteiger partial charge in [0.15, 0.2) is 0 Å². The van der Waals surface area contributed by atoms with Crippen LogP contribution in [-0.2, 0) is 10.0 Å². The van der Waals surface area contributed by atoms with Gasteiger partial charge in [0.2, 0.25) is 0 Å². The third kappa shape index (κ3) is 3.25. The zero-order valence-electron chi connectivity index (χ0n) is 11.9. The lowest BCUT2D eigenvalue weighted by Crippen LogP contribution is -2.14. The number of hydrogen-bond acceptors (Lipinski definition) is 4. The van der Waals surface area contributed by atoms with E-state index in [1.807, 2.05) is 19.9 Å². The molecule has 0 aliphatic rings. The van der Waals surface area contributed by atoms with Crippen molar-refractivity contribution in [3.63, 3.8) is 0 Å². The summed E-state index contributed by atoms with van der Waals surface area (Å²) in [7, 11) is -3.73. The maximum Gasteiger partial charge on any atom is 0.263 e. The Bertz CT molecular complexity index is 808. The number of amides is 1. The second-order valence-electron chi connectivity index (χ2n) is 4.80. The summed E-state index contributed by atoms with van der Waals surface area (Å²) in [6.07, 6.45) is 0. The van der Waals surface area contributed by atoms with Crippen molar-refractivity contribution in [3.05, 3.63) is 45.1 Å². The van der Waals surface area contributed by atoms with Crippen LogP contribution in [0.15, 0.2) is 29.2 Å². The number of benzene rings is 1. The quantitative estimate of drug-likeness (QED) is 0.906. The molecule has 1 amide bonds. The minimum Gasteiger partial charge on any atom is -0.365 e. The first-order chi connectivity index (χ1) is 9.70. The third-order valence-corrected chi connectivity index (χ3v) is 5.87. The van der Waals surface area contributed by atoms with E-state index in [9.17, 15) is 13.2 Å². The first kappa shape index (κ1) is 15.5. The zero-order chi connectivity index (χ0) is 15.8. The lowest BCUT2D eigenvalue weighted by atomic mass is 10.1. The molecule has 0 spiro atoms. The highest BCUT2D eigenvalue weighted by atomic mass is 32.2. The van der Waals surface area contributed by atoms with E-state index >= 15 is 0 Å². The number of hydrogen-bond donors (Lipinski definition) is 2. The first-order valence-corrected chi connectivity index (χ1v) is 8.51. The van der Waals surface area contributed by atoms with Crippen molar-refractivity contribution in [1.29, 1.82) is 0 Å². The van der Waals surface area contributed by atoms with E-state index in [-0.39, 0.29) is 9.77 Å². The summed E-state index contributed by atoms with van der Waals surface area (Å²) in [5.41, 5.74) is 7.75. The topological polar surface area (TPSA) is 89.3 Å². The lowest BCUT2D eigenvalue weighted by molar-refractivity contribution is 0.100. The van der Waals surface area contributed by atoms with Crippen molar-refractivity contribution in [2.45, 2.75) is 25.7 Å². The van der Waals surface area contributed by atoms with Gasteiger partial charge in [0.05, 0.1) is 4.88 Å². The van der Waals surface area contributed by atoms with Crippen LogP contribution in [0.4, 0.5) is 5.69 Å². The van der Waals surface area contributed by atoms with E-state index in [2.05, 4.69) is 4.72 Å². The molecule has 0 aliphatic carbocycles. The molecular formula is C14H16N2O3S2. The largest absolute Gasteiger partial charge is 0.365 e. The maximum atomic E-state index is 12.4. The Kier molecular flexibility index (Phi) is 4.06. The van der Waals surface area contributed by atoms with E-state index in [1.165, 1.54) is 6.07 Å². The molecule has 3 N–H and O–H groups in total. The number of carbonyl (C=O) groups excluding carboxylic acids is 1. The van der Waals surface area contributed by atoms with Crippen molar-refractivity contribution >= 4 is 33.0 Å². The van der Waals surface area contributed by atoms with Crippen molar-refractivity contribution < 1.29 is 13.2 Å². The Morgan fingerprint density at radius 2 is 1.81 bits per heavy atom. The number of nitrogens with two attached hydrogens (primary N) is 1. The second-order valence-corrected chi connectivity index (χ2v) is 7.71. The lowest BCUT2D eigenvalue weighted by Gasteiger charge is -2.09. The predicted octanol–water partition coefficient (Wildman–Crippen LogP) is 2.57. The molecule has 2 rings (SSSR count). The fraction of sp³-hybridized carbons (Fsp3) is 0.214. The molecule has 1 aromatic carbocycles. The van der Waals surface area contributed by atoms with Gasteiger partial charge in [-0.05, 0) is 50.1 Å². The van der Waals surface area contributed by atoms with Crippen LogP contribution in [-0.4, -0.2) is 14.3 Å². The number of aryl methyl sites for hydroxylation is 3. The van der Waals surface area contributed by atoms with Gasteiger partial charge in [-0.1, -0.05) is 6.07 Å². The van der Waals surface area contributed by atoms with Crippen LogP contribution in [0.5, 0.6) is 0 Å². The van der Waals surface area contributed by atoms with E-state index in [0.717, 1.165) is 22.5 Å². The Balaban J connectivity index is 2.38. The minimum absolute atomic E-state index is 0.0829. The molecule has 5 nitrogen and oxygen atoms in total. The fourth-order valence-corrected chi connectivity index (χ4v) is 4.36. The molecule has 0 saturated carbocycles. The molecule has 0 radical (unpaired) electrons. The van der Waals surface area contributed by atoms with Gasteiger partial charge in [-0.25, -0.2) is 8.42 Å². The number of thiophene rings is 1. The Morgan fingerprint density at radius 3 is 2.33 bits per heavy atom. The van der Waals surface area contributed by atoms with E-state index in [4.69, 9.17) is 5.73 Å². The number of rotatable bonds is 4. The normalized spacial score (nSPS) is 11.4. The highest BCUT2D eigenvalue weighted by Gasteiger charge is 2.21. The van der Waals surface area contributed by atoms with Gasteiger partial charge in [-0.3, -0.25) is 9.52 Å². The monoisotopic (exact) mass is 324 g/mol. The number of nitrogens with one attached hydrogen (secondary N) is 1. The van der Waals surface area contributed by atoms with Crippen LogP contribution in [0, 0.1) is 20.8 Å². The van der Waals surface area contributed by atoms with Gasteiger partial charge >= 0.3 is 0 Å². The average Bonchev–Trinajstić information content (AvgIpc) is 2.77. The van der Waals surface area contributed by atoms with Crippen LogP contribution >= 0.6 is 11.3 Å². The Morgan fingerprint density at radius 1 is 1.14 bits per heavy atom. The molecule has 1 aromatic heterocycles. The summed E-state index contributed by atoms with van der Waals surface area (Å²) in [5.74, 6) is -0.629. The SMILES string of the molecule is Cc1ccc(NS(=O)(=O)c2cc(C(N)=O)sc2C)cc1C. The van der Waals surface area contributed by atoms with Gasteiger partial charge < -0.3 is 5.73 Å². The van der Waals surface area contributed by atoms with Crippen molar-refractivity contribution in [1.82, 2.24) is 0 Å². The van der Waals surface area contributed by atoms with Crippen molar-refractivity contribution in [2.24, 2.45) is 5.73 Å². The summed E-state index contributed by atoms with van der Waals surface area (Å²) in [5, 5.41) is 0. The second kappa shape index (κ2) is 5.50. The van der Waals surface area contributed by atoms with Crippen LogP contribution < -0.4 is 10.5 Å². The van der Waals surface area contributed by atoms with E-state index in [0.29, 0.717) is 10.6 Å². The smallest absolute Gasteiger partial charge is 0.263 e. The van der Waals surface area contributed by atoms with Crippen LogP contribution in [0.3, 0.4) is 0 Å². The Labute approximate surface area is 127 Å². The van der Waals surface area contributed by atoms with Crippen LogP contribution in [0.1, 0.15) is 25.7 Å². The van der Waals surface area contributed by atoms with Crippen LogP contribution in [0.2, 0.25) is 0 Å². The van der Waals surface area contributed by atoms with E-state index < -0.39 is 15.9 Å². The molecule has 0 bridgehead atoms. The number of sulfonamides is 1. The van der Waals surface area contributed by atoms with Gasteiger partial charge in [-0.15, -0.1) is 11.3 Å². The molecule has 0 fully saturated rings. The third-order valence-electron chi connectivity index (χ3n) is 3.16. The molecule has 0 unspecified atom stereocenters. The van der Waals surface area contributed by atoms with Gasteiger partial charge in [0.1, 0.15) is 4.90 Å². The number of primary amides is 1. The molecule has 7 heteroatoms. The summed E-state index contributed by atoms with van der Waals surface area (Å²) < 4.78 is 27.3. The average molecular weight is 324 g/mol. The summed E-state index contributed by atoms with van der Waals surface area (Å²) >= 11 is 1.07. The standard InChI is InChI=1S/C14H16N2O3S2/c1-8-4-5-11(6-9(8)2)16-21(18,19)13-7-12(14(15)17)20-10(13)3/h4-7,16H,1-3H3,(H2,15,17). The number of carbonyl (C=O) groups is 1. The molecule has 0 saturated heterocycles. The van der Waals surface area contributed by atoms with Crippen molar-refractivity contribution in [2.75, 3.05) is 4.72 Å². The van der Waals surface area contributed by atoms with Gasteiger partial charge in [0.25, 0.3) is 15.9 Å². The number of anilines is 1. The van der Waals surface area contributed by atoms with Crippen LogP contribution in [0.25, 0.3) is 0 Å². The summed E-state index contributed by atoms with van der Waals surface area (Å²) in [6, 6.07) is 6.63. The molecule has 21 heavy (non-hydrogen) atoms. The molecule has 112 valence electrons. The predicted molar refractivity (Wildman–Crippen MR) is 84.3 cm³/mol. The zero-order valence-corrected chi connectivity index (χ0v) is 13.6. The highest BCUT2D eigenvalue weighted by Crippen LogP contribution is 2.27. The van der Waals surface area contributed by atoms with Crippen molar-refractivity contribution in [3.8, 4) is 0 Å². The Hall–Kier alpha value is -1.86.